The van der Waals surface area contributed by atoms with Crippen LogP contribution in [0.25, 0.3) is 0 Å². The van der Waals surface area contributed by atoms with E-state index in [1.165, 1.54) is 7.11 Å². The van der Waals surface area contributed by atoms with Crippen molar-refractivity contribution in [1.82, 2.24) is 10.2 Å². The molecule has 1 aliphatic carbocycles. The number of methoxy groups -OCH3 is 1. The number of alkyl halides is 3. The lowest BCUT2D eigenvalue weighted by Gasteiger charge is -2.35. The summed E-state index contributed by atoms with van der Waals surface area (Å²) in [4.78, 5) is 13.7. The van der Waals surface area contributed by atoms with Crippen LogP contribution in [0.3, 0.4) is 0 Å². The van der Waals surface area contributed by atoms with Gasteiger partial charge in [0.1, 0.15) is 5.54 Å². The normalized spacial score (nSPS) is 18.9. The molecular formula is C13H23F3N2O2. The molecule has 0 aromatic carbocycles. The Bertz CT molecular complexity index is 332. The minimum Gasteiger partial charge on any atom is -0.468 e. The fourth-order valence-electron chi connectivity index (χ4n) is 2.53. The summed E-state index contributed by atoms with van der Waals surface area (Å²) in [6.45, 7) is 2.54. The van der Waals surface area contributed by atoms with E-state index in [9.17, 15) is 18.0 Å². The van der Waals surface area contributed by atoms with E-state index in [1.54, 1.807) is 11.9 Å². The zero-order valence-corrected chi connectivity index (χ0v) is 12.2. The van der Waals surface area contributed by atoms with Gasteiger partial charge in [-0.1, -0.05) is 6.92 Å². The molecule has 1 N–H and O–H groups in total. The third-order valence-electron chi connectivity index (χ3n) is 3.61. The van der Waals surface area contributed by atoms with Gasteiger partial charge < -0.3 is 15.0 Å². The van der Waals surface area contributed by atoms with Gasteiger partial charge in [0.15, 0.2) is 0 Å². The highest BCUT2D eigenvalue weighted by atomic mass is 19.4. The Hall–Kier alpha value is -0.820. The van der Waals surface area contributed by atoms with Crippen molar-refractivity contribution >= 4 is 5.97 Å². The van der Waals surface area contributed by atoms with Crippen LogP contribution >= 0.6 is 0 Å². The van der Waals surface area contributed by atoms with Gasteiger partial charge in [0.25, 0.3) is 0 Å². The number of carbonyl (C=O) groups is 1. The number of esters is 1. The lowest BCUT2D eigenvalue weighted by Crippen LogP contribution is -2.60. The topological polar surface area (TPSA) is 41.6 Å². The van der Waals surface area contributed by atoms with Gasteiger partial charge in [-0.15, -0.1) is 0 Å². The maximum Gasteiger partial charge on any atom is 0.390 e. The number of rotatable bonds is 8. The Morgan fingerprint density at radius 2 is 2.00 bits per heavy atom. The number of carbonyl (C=O) groups excluding carboxylic acids is 1. The molecule has 0 amide bonds. The van der Waals surface area contributed by atoms with Crippen LogP contribution in [0.4, 0.5) is 13.2 Å². The largest absolute Gasteiger partial charge is 0.468 e. The number of hydrogen-bond donors (Lipinski definition) is 1. The number of nitrogens with one attached hydrogen (secondary N) is 1. The summed E-state index contributed by atoms with van der Waals surface area (Å²) in [5.41, 5.74) is -0.885. The van der Waals surface area contributed by atoms with Crippen molar-refractivity contribution in [2.75, 3.05) is 33.8 Å². The zero-order valence-electron chi connectivity index (χ0n) is 12.2. The highest BCUT2D eigenvalue weighted by Crippen LogP contribution is 2.41. The molecule has 0 aromatic rings. The minimum atomic E-state index is -4.18. The summed E-state index contributed by atoms with van der Waals surface area (Å²) >= 11 is 0. The van der Waals surface area contributed by atoms with Gasteiger partial charge in [-0.05, 0) is 32.4 Å². The molecule has 0 aromatic heterocycles. The van der Waals surface area contributed by atoms with Gasteiger partial charge in [0.2, 0.25) is 0 Å². The molecule has 1 saturated carbocycles. The molecule has 20 heavy (non-hydrogen) atoms. The van der Waals surface area contributed by atoms with Gasteiger partial charge in [-0.25, -0.2) is 4.79 Å². The highest BCUT2D eigenvalue weighted by Gasteiger charge is 2.52. The Morgan fingerprint density at radius 1 is 1.40 bits per heavy atom. The molecule has 1 aliphatic rings. The number of hydrogen-bond acceptors (Lipinski definition) is 4. The lowest BCUT2D eigenvalue weighted by atomic mass is 9.92. The van der Waals surface area contributed by atoms with E-state index in [0.29, 0.717) is 6.54 Å². The smallest absolute Gasteiger partial charge is 0.390 e. The Balaban J connectivity index is 2.71. The Kier molecular flexibility index (Phi) is 5.82. The molecule has 1 atom stereocenters. The van der Waals surface area contributed by atoms with Crippen LogP contribution in [0.1, 0.15) is 26.2 Å². The third-order valence-corrected chi connectivity index (χ3v) is 3.61. The molecule has 0 saturated heterocycles. The average molecular weight is 296 g/mol. The number of ether oxygens (including phenoxy) is 1. The molecule has 0 aliphatic heterocycles. The predicted octanol–water partition coefficient (Wildman–Crippen LogP) is 1.80. The zero-order chi connectivity index (χ0) is 15.4. The summed E-state index contributed by atoms with van der Waals surface area (Å²) in [6, 6.07) is 0. The Morgan fingerprint density at radius 3 is 2.40 bits per heavy atom. The molecule has 1 rings (SSSR count). The first kappa shape index (κ1) is 17.2. The second-order valence-corrected chi connectivity index (χ2v) is 5.37. The maximum absolute atomic E-state index is 12.3. The van der Waals surface area contributed by atoms with Crippen molar-refractivity contribution in [3.05, 3.63) is 0 Å². The van der Waals surface area contributed by atoms with Crippen LogP contribution in [-0.2, 0) is 9.53 Å². The van der Waals surface area contributed by atoms with Gasteiger partial charge in [-0.3, -0.25) is 0 Å². The van der Waals surface area contributed by atoms with Crippen LogP contribution in [0.2, 0.25) is 0 Å². The molecule has 4 nitrogen and oxygen atoms in total. The van der Waals surface area contributed by atoms with E-state index in [1.807, 2.05) is 6.92 Å². The van der Waals surface area contributed by atoms with E-state index in [4.69, 9.17) is 4.74 Å². The monoisotopic (exact) mass is 296 g/mol. The van der Waals surface area contributed by atoms with Gasteiger partial charge in [0.05, 0.1) is 13.5 Å². The van der Waals surface area contributed by atoms with Gasteiger partial charge in [-0.2, -0.15) is 13.2 Å². The summed E-state index contributed by atoms with van der Waals surface area (Å²) in [5.74, 6) is -0.246. The molecule has 1 fully saturated rings. The molecule has 0 radical (unpaired) electrons. The number of likely N-dealkylation sites (N-methyl/N-ethyl adjacent to an activating group) is 2. The van der Waals surface area contributed by atoms with Crippen molar-refractivity contribution in [3.63, 3.8) is 0 Å². The lowest BCUT2D eigenvalue weighted by molar-refractivity contribution is -0.151. The molecular weight excluding hydrogens is 273 g/mol. The quantitative estimate of drug-likeness (QED) is 0.694. The standard InChI is InChI=1S/C13H23F3N2O2/c1-4-17-12(10-5-6-10,11(19)20-3)9-18(2)8-7-13(14,15)16/h10,17H,4-9H2,1-3H3. The SMILES string of the molecule is CCNC(CN(C)CCC(F)(F)F)(C(=O)OC)C1CC1. The average Bonchev–Trinajstić information content (AvgIpc) is 3.18. The van der Waals surface area contributed by atoms with Crippen molar-refractivity contribution in [2.45, 2.75) is 37.9 Å². The second-order valence-electron chi connectivity index (χ2n) is 5.37. The van der Waals surface area contributed by atoms with E-state index in [-0.39, 0.29) is 25.0 Å². The van der Waals surface area contributed by atoms with Gasteiger partial charge >= 0.3 is 12.1 Å². The predicted molar refractivity (Wildman–Crippen MR) is 69.3 cm³/mol. The summed E-state index contributed by atoms with van der Waals surface area (Å²) in [7, 11) is 2.91. The van der Waals surface area contributed by atoms with Crippen molar-refractivity contribution in [3.8, 4) is 0 Å². The Labute approximate surface area is 117 Å². The molecule has 0 bridgehead atoms. The molecule has 1 unspecified atom stereocenters. The first-order valence-corrected chi connectivity index (χ1v) is 6.84. The van der Waals surface area contributed by atoms with Gasteiger partial charge in [0, 0.05) is 13.1 Å². The van der Waals surface area contributed by atoms with Crippen LogP contribution < -0.4 is 5.32 Å². The molecule has 0 spiro atoms. The van der Waals surface area contributed by atoms with Crippen LogP contribution in [0.5, 0.6) is 0 Å². The summed E-state index contributed by atoms with van der Waals surface area (Å²) < 4.78 is 41.6. The fourth-order valence-corrected chi connectivity index (χ4v) is 2.53. The van der Waals surface area contributed by atoms with E-state index < -0.39 is 18.1 Å². The number of nitrogens with zero attached hydrogens (tertiary/aromatic N) is 1. The van der Waals surface area contributed by atoms with E-state index >= 15 is 0 Å². The molecule has 0 heterocycles. The minimum absolute atomic E-state index is 0.125. The first-order valence-electron chi connectivity index (χ1n) is 6.84. The molecule has 118 valence electrons. The third kappa shape index (κ3) is 4.63. The van der Waals surface area contributed by atoms with Crippen LogP contribution in [-0.4, -0.2) is 56.4 Å². The van der Waals surface area contributed by atoms with E-state index in [0.717, 1.165) is 12.8 Å². The highest BCUT2D eigenvalue weighted by molar-refractivity contribution is 5.82. The van der Waals surface area contributed by atoms with E-state index in [2.05, 4.69) is 5.32 Å². The maximum atomic E-state index is 12.3. The molecule has 7 heteroatoms. The van der Waals surface area contributed by atoms with Crippen molar-refractivity contribution < 1.29 is 22.7 Å². The summed E-state index contributed by atoms with van der Waals surface area (Å²) in [5, 5.41) is 3.14. The fraction of sp³-hybridized carbons (Fsp3) is 0.923. The van der Waals surface area contributed by atoms with Crippen LogP contribution in [0, 0.1) is 5.92 Å². The van der Waals surface area contributed by atoms with Crippen molar-refractivity contribution in [2.24, 2.45) is 5.92 Å². The first-order chi connectivity index (χ1) is 9.25. The summed E-state index contributed by atoms with van der Waals surface area (Å²) in [6.07, 6.45) is -3.26. The number of halogens is 3. The van der Waals surface area contributed by atoms with Crippen molar-refractivity contribution in [1.29, 1.82) is 0 Å². The van der Waals surface area contributed by atoms with Crippen LogP contribution in [0.15, 0.2) is 0 Å². The second kappa shape index (κ2) is 6.76.